The Balaban J connectivity index is 2.24. The van der Waals surface area contributed by atoms with E-state index in [2.05, 4.69) is 18.8 Å². The molecule has 0 saturated carbocycles. The Kier molecular flexibility index (Phi) is 3.95. The predicted octanol–water partition coefficient (Wildman–Crippen LogP) is 4.20. The highest BCUT2D eigenvalue weighted by Gasteiger charge is 2.08. The van der Waals surface area contributed by atoms with Gasteiger partial charge in [-0.25, -0.2) is 4.98 Å². The van der Waals surface area contributed by atoms with E-state index < -0.39 is 0 Å². The number of hydrogen-bond acceptors (Lipinski definition) is 3. The van der Waals surface area contributed by atoms with Crippen molar-refractivity contribution in [1.82, 2.24) is 4.98 Å². The number of hydrogen-bond donors (Lipinski definition) is 0. The third-order valence-electron chi connectivity index (χ3n) is 2.90. The second-order valence-corrected chi connectivity index (χ2v) is 4.74. The predicted molar refractivity (Wildman–Crippen MR) is 74.8 cm³/mol. The van der Waals surface area contributed by atoms with Crippen molar-refractivity contribution in [2.24, 2.45) is 0 Å². The summed E-state index contributed by atoms with van der Waals surface area (Å²) in [7, 11) is 0. The molecule has 0 N–H and O–H groups in total. The van der Waals surface area contributed by atoms with Gasteiger partial charge in [0.1, 0.15) is 5.75 Å². The van der Waals surface area contributed by atoms with Gasteiger partial charge in [-0.05, 0) is 30.5 Å². The molecular formula is C16H17NO2. The molecule has 0 saturated heterocycles. The maximum atomic E-state index is 11.2. The lowest BCUT2D eigenvalue weighted by Crippen LogP contribution is -1.97. The summed E-state index contributed by atoms with van der Waals surface area (Å²) in [5.74, 6) is 1.69. The van der Waals surface area contributed by atoms with Crippen molar-refractivity contribution in [2.45, 2.75) is 26.7 Å². The number of para-hydroxylation sites is 1. The fourth-order valence-corrected chi connectivity index (χ4v) is 1.81. The van der Waals surface area contributed by atoms with Crippen molar-refractivity contribution in [3.8, 4) is 11.6 Å². The average Bonchev–Trinajstić information content (AvgIpc) is 2.39. The molecule has 3 nitrogen and oxygen atoms in total. The van der Waals surface area contributed by atoms with Gasteiger partial charge < -0.3 is 4.74 Å². The monoisotopic (exact) mass is 255 g/mol. The topological polar surface area (TPSA) is 39.2 Å². The van der Waals surface area contributed by atoms with Gasteiger partial charge in [0.2, 0.25) is 5.88 Å². The quantitative estimate of drug-likeness (QED) is 0.768. The Morgan fingerprint density at radius 1 is 1.16 bits per heavy atom. The van der Waals surface area contributed by atoms with Gasteiger partial charge in [0, 0.05) is 17.8 Å². The van der Waals surface area contributed by atoms with E-state index >= 15 is 0 Å². The molecule has 0 aliphatic carbocycles. The summed E-state index contributed by atoms with van der Waals surface area (Å²) in [4.78, 5) is 15.3. The first-order valence-corrected chi connectivity index (χ1v) is 6.31. The van der Waals surface area contributed by atoms with Crippen LogP contribution in [-0.4, -0.2) is 10.8 Å². The van der Waals surface area contributed by atoms with Crippen molar-refractivity contribution in [2.75, 3.05) is 0 Å². The summed E-state index contributed by atoms with van der Waals surface area (Å²) in [6.07, 6.45) is 1.54. The summed E-state index contributed by atoms with van der Waals surface area (Å²) in [5, 5.41) is 0. The summed E-state index contributed by atoms with van der Waals surface area (Å²) in [6.45, 7) is 5.76. The summed E-state index contributed by atoms with van der Waals surface area (Å²) >= 11 is 0. The molecule has 1 heterocycles. The van der Waals surface area contributed by atoms with E-state index in [0.29, 0.717) is 17.4 Å². The lowest BCUT2D eigenvalue weighted by Gasteiger charge is -2.12. The highest BCUT2D eigenvalue weighted by molar-refractivity contribution is 5.93. The van der Waals surface area contributed by atoms with Crippen LogP contribution in [0.1, 0.15) is 42.6 Å². The zero-order valence-electron chi connectivity index (χ0n) is 11.4. The van der Waals surface area contributed by atoms with Crippen LogP contribution < -0.4 is 4.74 Å². The van der Waals surface area contributed by atoms with Crippen LogP contribution in [0.3, 0.4) is 0 Å². The average molecular weight is 255 g/mol. The standard InChI is InChI=1S/C16H17NO2/c1-11(2)14-6-4-5-7-15(14)19-16-9-8-13(10-17-16)12(3)18/h4-11H,1-3H3. The molecule has 0 bridgehead atoms. The first-order chi connectivity index (χ1) is 9.08. The molecule has 0 fully saturated rings. The van der Waals surface area contributed by atoms with E-state index in [4.69, 9.17) is 4.74 Å². The fraction of sp³-hybridized carbons (Fsp3) is 0.250. The molecule has 0 unspecified atom stereocenters. The minimum atomic E-state index is 0.00151. The van der Waals surface area contributed by atoms with Crippen molar-refractivity contribution >= 4 is 5.78 Å². The van der Waals surface area contributed by atoms with Crippen LogP contribution in [0.25, 0.3) is 0 Å². The Bertz CT molecular complexity index is 574. The van der Waals surface area contributed by atoms with Crippen LogP contribution >= 0.6 is 0 Å². The first kappa shape index (κ1) is 13.3. The zero-order valence-corrected chi connectivity index (χ0v) is 11.4. The highest BCUT2D eigenvalue weighted by Crippen LogP contribution is 2.29. The van der Waals surface area contributed by atoms with Gasteiger partial charge in [-0.15, -0.1) is 0 Å². The third-order valence-corrected chi connectivity index (χ3v) is 2.90. The highest BCUT2D eigenvalue weighted by atomic mass is 16.5. The van der Waals surface area contributed by atoms with Gasteiger partial charge in [0.05, 0.1) is 0 Å². The Hall–Kier alpha value is -2.16. The lowest BCUT2D eigenvalue weighted by molar-refractivity contribution is 0.101. The zero-order chi connectivity index (χ0) is 13.8. The maximum Gasteiger partial charge on any atom is 0.219 e. The third kappa shape index (κ3) is 3.19. The van der Waals surface area contributed by atoms with Crippen molar-refractivity contribution < 1.29 is 9.53 Å². The number of carbonyl (C=O) groups is 1. The van der Waals surface area contributed by atoms with Crippen molar-refractivity contribution in [3.63, 3.8) is 0 Å². The van der Waals surface area contributed by atoms with Gasteiger partial charge in [0.25, 0.3) is 0 Å². The van der Waals surface area contributed by atoms with Gasteiger partial charge in [-0.2, -0.15) is 0 Å². The van der Waals surface area contributed by atoms with Crippen LogP contribution in [-0.2, 0) is 0 Å². The largest absolute Gasteiger partial charge is 0.439 e. The number of nitrogens with zero attached hydrogens (tertiary/aromatic N) is 1. The van der Waals surface area contributed by atoms with Crippen LogP contribution in [0.5, 0.6) is 11.6 Å². The summed E-state index contributed by atoms with van der Waals surface area (Å²) in [6, 6.07) is 11.3. The molecule has 0 spiro atoms. The molecule has 1 aromatic heterocycles. The molecule has 0 amide bonds. The molecule has 0 atom stereocenters. The van der Waals surface area contributed by atoms with Crippen LogP contribution in [0.2, 0.25) is 0 Å². The van der Waals surface area contributed by atoms with Crippen LogP contribution in [0.15, 0.2) is 42.6 Å². The number of ether oxygens (including phenoxy) is 1. The number of Topliss-reactive ketones (excluding diaryl/α,β-unsaturated/α-hetero) is 1. The van der Waals surface area contributed by atoms with E-state index in [1.165, 1.54) is 13.1 Å². The van der Waals surface area contributed by atoms with Crippen molar-refractivity contribution in [3.05, 3.63) is 53.7 Å². The lowest BCUT2D eigenvalue weighted by atomic mass is 10.0. The number of pyridine rings is 1. The van der Waals surface area contributed by atoms with Gasteiger partial charge in [-0.1, -0.05) is 32.0 Å². The minimum Gasteiger partial charge on any atom is -0.439 e. The van der Waals surface area contributed by atoms with Crippen molar-refractivity contribution in [1.29, 1.82) is 0 Å². The van der Waals surface area contributed by atoms with Gasteiger partial charge in [-0.3, -0.25) is 4.79 Å². The molecule has 0 aliphatic rings. The molecule has 2 aromatic rings. The smallest absolute Gasteiger partial charge is 0.219 e. The Morgan fingerprint density at radius 2 is 1.89 bits per heavy atom. The maximum absolute atomic E-state index is 11.2. The second kappa shape index (κ2) is 5.65. The molecule has 19 heavy (non-hydrogen) atoms. The second-order valence-electron chi connectivity index (χ2n) is 4.74. The first-order valence-electron chi connectivity index (χ1n) is 6.31. The summed E-state index contributed by atoms with van der Waals surface area (Å²) < 4.78 is 5.78. The van der Waals surface area contributed by atoms with E-state index in [1.54, 1.807) is 12.1 Å². The molecule has 98 valence electrons. The molecule has 2 rings (SSSR count). The fourth-order valence-electron chi connectivity index (χ4n) is 1.81. The number of benzene rings is 1. The number of aromatic nitrogens is 1. The minimum absolute atomic E-state index is 0.00151. The Morgan fingerprint density at radius 3 is 2.47 bits per heavy atom. The van der Waals surface area contributed by atoms with Gasteiger partial charge in [0.15, 0.2) is 5.78 Å². The molecule has 3 heteroatoms. The normalized spacial score (nSPS) is 10.5. The number of ketones is 1. The molecule has 0 radical (unpaired) electrons. The SMILES string of the molecule is CC(=O)c1ccc(Oc2ccccc2C(C)C)nc1. The summed E-state index contributed by atoms with van der Waals surface area (Å²) in [5.41, 5.74) is 1.73. The van der Waals surface area contributed by atoms with Gasteiger partial charge >= 0.3 is 0 Å². The number of carbonyl (C=O) groups excluding carboxylic acids is 1. The van der Waals surface area contributed by atoms with Crippen LogP contribution in [0.4, 0.5) is 0 Å². The van der Waals surface area contributed by atoms with E-state index in [1.807, 2.05) is 24.3 Å². The van der Waals surface area contributed by atoms with E-state index in [-0.39, 0.29) is 5.78 Å². The molecule has 0 aliphatic heterocycles. The number of rotatable bonds is 4. The molecular weight excluding hydrogens is 238 g/mol. The van der Waals surface area contributed by atoms with E-state index in [0.717, 1.165) is 11.3 Å². The van der Waals surface area contributed by atoms with Crippen LogP contribution in [0, 0.1) is 0 Å². The Labute approximate surface area is 113 Å². The van der Waals surface area contributed by atoms with E-state index in [9.17, 15) is 4.79 Å². The molecule has 1 aromatic carbocycles.